The summed E-state index contributed by atoms with van der Waals surface area (Å²) in [6, 6.07) is 19.4. The molecule has 0 aliphatic carbocycles. The Morgan fingerprint density at radius 2 is 1.67 bits per heavy atom. The van der Waals surface area contributed by atoms with Crippen LogP contribution in [0.5, 0.6) is 5.75 Å². The smallest absolute Gasteiger partial charge is 0.308 e. The maximum absolute atomic E-state index is 10.8. The van der Waals surface area contributed by atoms with Gasteiger partial charge in [0.25, 0.3) is 0 Å². The minimum atomic E-state index is -0.293. The topological polar surface area (TPSA) is 26.3 Å². The van der Waals surface area contributed by atoms with Gasteiger partial charge in [0.05, 0.1) is 0 Å². The lowest BCUT2D eigenvalue weighted by molar-refractivity contribution is -0.131. The highest BCUT2D eigenvalue weighted by atomic mass is 16.5. The van der Waals surface area contributed by atoms with Crippen LogP contribution >= 0.6 is 0 Å². The van der Waals surface area contributed by atoms with Crippen molar-refractivity contribution in [3.63, 3.8) is 0 Å². The first-order valence-electron chi connectivity index (χ1n) is 5.87. The van der Waals surface area contributed by atoms with E-state index in [2.05, 4.69) is 12.1 Å². The lowest BCUT2D eigenvalue weighted by Gasteiger charge is -2.04. The van der Waals surface area contributed by atoms with E-state index in [1.807, 2.05) is 36.4 Å². The van der Waals surface area contributed by atoms with E-state index in [4.69, 9.17) is 4.74 Å². The van der Waals surface area contributed by atoms with Crippen molar-refractivity contribution in [2.24, 2.45) is 0 Å². The van der Waals surface area contributed by atoms with Crippen LogP contribution in [0, 0.1) is 12.1 Å². The lowest BCUT2D eigenvalue weighted by Crippen LogP contribution is -2.01. The van der Waals surface area contributed by atoms with E-state index in [0.29, 0.717) is 5.75 Å². The molecule has 0 aromatic heterocycles. The van der Waals surface area contributed by atoms with Crippen LogP contribution in [0.3, 0.4) is 0 Å². The Morgan fingerprint density at radius 1 is 1.06 bits per heavy atom. The zero-order valence-electron chi connectivity index (χ0n) is 10.3. The highest BCUT2D eigenvalue weighted by Crippen LogP contribution is 2.14. The number of carbonyl (C=O) groups excluding carboxylic acids is 1. The van der Waals surface area contributed by atoms with E-state index >= 15 is 0 Å². The molecule has 2 radical (unpaired) electrons. The van der Waals surface area contributed by atoms with Crippen molar-refractivity contribution in [2.75, 3.05) is 0 Å². The van der Waals surface area contributed by atoms with E-state index in [9.17, 15) is 4.79 Å². The monoisotopic (exact) mass is 238 g/mol. The number of hydrogen-bond donors (Lipinski definition) is 0. The molecule has 2 aromatic rings. The summed E-state index contributed by atoms with van der Waals surface area (Å²) in [4.78, 5) is 10.8. The molecule has 90 valence electrons. The summed E-state index contributed by atoms with van der Waals surface area (Å²) in [5.74, 6) is 0.297. The van der Waals surface area contributed by atoms with Crippen molar-refractivity contribution in [2.45, 2.75) is 19.8 Å². The number of rotatable bonds is 4. The second-order valence-electron chi connectivity index (χ2n) is 4.08. The molecule has 0 unspecified atom stereocenters. The van der Waals surface area contributed by atoms with Crippen LogP contribution in [0.1, 0.15) is 18.1 Å². The number of carbonyl (C=O) groups is 1. The maximum Gasteiger partial charge on any atom is 0.308 e. The van der Waals surface area contributed by atoms with E-state index in [1.54, 1.807) is 6.07 Å². The Hall–Kier alpha value is -2.09. The fourth-order valence-corrected chi connectivity index (χ4v) is 1.71. The molecule has 2 aromatic carbocycles. The lowest BCUT2D eigenvalue weighted by atomic mass is 10.0. The molecule has 2 rings (SSSR count). The van der Waals surface area contributed by atoms with Gasteiger partial charge in [-0.1, -0.05) is 24.3 Å². The summed E-state index contributed by atoms with van der Waals surface area (Å²) in [5, 5.41) is 0. The van der Waals surface area contributed by atoms with Crippen molar-refractivity contribution in [1.29, 1.82) is 0 Å². The molecule has 2 heteroatoms. The van der Waals surface area contributed by atoms with Crippen LogP contribution in [0.15, 0.2) is 42.5 Å². The quantitative estimate of drug-likeness (QED) is 0.604. The van der Waals surface area contributed by atoms with Crippen molar-refractivity contribution >= 4 is 5.97 Å². The van der Waals surface area contributed by atoms with Crippen LogP contribution in [-0.4, -0.2) is 5.97 Å². The molecule has 0 atom stereocenters. The SMILES string of the molecule is CC(=O)Oc1ccc(CCc2c[c]c[c]c2)cc1. The molecule has 18 heavy (non-hydrogen) atoms. The third-order valence-electron chi connectivity index (χ3n) is 2.59. The highest BCUT2D eigenvalue weighted by Gasteiger charge is 1.99. The predicted octanol–water partition coefficient (Wildman–Crippen LogP) is 3.00. The van der Waals surface area contributed by atoms with E-state index in [0.717, 1.165) is 12.8 Å². The molecule has 0 heterocycles. The number of hydrogen-bond acceptors (Lipinski definition) is 2. The van der Waals surface area contributed by atoms with E-state index in [1.165, 1.54) is 18.1 Å². The molecule has 0 fully saturated rings. The zero-order valence-corrected chi connectivity index (χ0v) is 10.3. The summed E-state index contributed by atoms with van der Waals surface area (Å²) >= 11 is 0. The average molecular weight is 238 g/mol. The predicted molar refractivity (Wildman–Crippen MR) is 69.3 cm³/mol. The van der Waals surface area contributed by atoms with Crippen molar-refractivity contribution < 1.29 is 9.53 Å². The summed E-state index contributed by atoms with van der Waals surface area (Å²) in [5.41, 5.74) is 2.44. The van der Waals surface area contributed by atoms with Gasteiger partial charge in [-0.05, 0) is 54.3 Å². The van der Waals surface area contributed by atoms with Gasteiger partial charge in [0.1, 0.15) is 5.75 Å². The highest BCUT2D eigenvalue weighted by molar-refractivity contribution is 5.69. The molecule has 0 aliphatic heterocycles. The zero-order chi connectivity index (χ0) is 12.8. The van der Waals surface area contributed by atoms with Gasteiger partial charge < -0.3 is 4.74 Å². The molecule has 0 N–H and O–H groups in total. The Bertz CT molecular complexity index is 500. The number of benzene rings is 2. The van der Waals surface area contributed by atoms with Crippen LogP contribution in [0.4, 0.5) is 0 Å². The van der Waals surface area contributed by atoms with Crippen LogP contribution in [0.25, 0.3) is 0 Å². The minimum Gasteiger partial charge on any atom is -0.427 e. The van der Waals surface area contributed by atoms with Gasteiger partial charge in [-0.3, -0.25) is 4.79 Å². The minimum absolute atomic E-state index is 0.293. The molecule has 0 aliphatic rings. The number of aryl methyl sites for hydroxylation is 2. The molecule has 0 amide bonds. The van der Waals surface area contributed by atoms with Gasteiger partial charge >= 0.3 is 5.97 Å². The van der Waals surface area contributed by atoms with Gasteiger partial charge in [-0.25, -0.2) is 0 Å². The molecule has 0 spiro atoms. The summed E-state index contributed by atoms with van der Waals surface area (Å²) in [6.07, 6.45) is 1.91. The third-order valence-corrected chi connectivity index (χ3v) is 2.59. The Balaban J connectivity index is 1.92. The van der Waals surface area contributed by atoms with Crippen molar-refractivity contribution in [1.82, 2.24) is 0 Å². The Morgan fingerprint density at radius 3 is 2.28 bits per heavy atom. The van der Waals surface area contributed by atoms with Gasteiger partial charge in [-0.2, -0.15) is 0 Å². The van der Waals surface area contributed by atoms with Crippen LogP contribution in [-0.2, 0) is 17.6 Å². The Labute approximate surface area is 107 Å². The largest absolute Gasteiger partial charge is 0.427 e. The van der Waals surface area contributed by atoms with Crippen LogP contribution < -0.4 is 4.74 Å². The molecule has 2 nitrogen and oxygen atoms in total. The number of esters is 1. The second-order valence-corrected chi connectivity index (χ2v) is 4.08. The number of ether oxygens (including phenoxy) is 1. The second kappa shape index (κ2) is 6.01. The summed E-state index contributed by atoms with van der Waals surface area (Å²) in [6.45, 7) is 1.40. The first-order chi connectivity index (χ1) is 8.74. The normalized spacial score (nSPS) is 10.1. The third kappa shape index (κ3) is 3.74. The van der Waals surface area contributed by atoms with Gasteiger partial charge in [0.2, 0.25) is 0 Å². The van der Waals surface area contributed by atoms with Gasteiger partial charge in [0.15, 0.2) is 0 Å². The molecule has 0 bridgehead atoms. The van der Waals surface area contributed by atoms with Crippen LogP contribution in [0.2, 0.25) is 0 Å². The first-order valence-corrected chi connectivity index (χ1v) is 5.87. The molecular weight excluding hydrogens is 224 g/mol. The van der Waals surface area contributed by atoms with Crippen molar-refractivity contribution in [3.05, 3.63) is 65.7 Å². The Kier molecular flexibility index (Phi) is 4.13. The van der Waals surface area contributed by atoms with Gasteiger partial charge in [-0.15, -0.1) is 0 Å². The first kappa shape index (κ1) is 12.4. The molecular formula is C16H14O2. The fraction of sp³-hybridized carbons (Fsp3) is 0.188. The van der Waals surface area contributed by atoms with E-state index < -0.39 is 0 Å². The summed E-state index contributed by atoms with van der Waals surface area (Å²) < 4.78 is 4.98. The fourth-order valence-electron chi connectivity index (χ4n) is 1.71. The molecule has 0 saturated heterocycles. The molecule has 0 saturated carbocycles. The van der Waals surface area contributed by atoms with E-state index in [-0.39, 0.29) is 5.97 Å². The standard InChI is InChI=1S/C16H14O2/c1-13(17)18-16-11-9-15(10-12-16)8-7-14-5-3-2-4-6-14/h2,5-6,9-12H,7-8H2,1H3. The average Bonchev–Trinajstić information content (AvgIpc) is 2.38. The maximum atomic E-state index is 10.8. The van der Waals surface area contributed by atoms with Gasteiger partial charge in [0, 0.05) is 6.92 Å². The summed E-state index contributed by atoms with van der Waals surface area (Å²) in [7, 11) is 0. The van der Waals surface area contributed by atoms with Crippen molar-refractivity contribution in [3.8, 4) is 5.75 Å².